The zero-order valence-corrected chi connectivity index (χ0v) is 39.1. The van der Waals surface area contributed by atoms with Gasteiger partial charge in [-0.05, 0) is 33.4 Å². The molecule has 1 N–H and O–H groups in total. The molecular weight excluding hydrogens is 861 g/mol. The van der Waals surface area contributed by atoms with Crippen LogP contribution in [-0.2, 0) is 87.0 Å². The molecule has 0 spiro atoms. The Bertz CT molecular complexity index is 1870. The van der Waals surface area contributed by atoms with E-state index in [1.807, 2.05) is 182 Å². The molecule has 1 atom stereocenters. The molecule has 6 aromatic rings. The Hall–Kier alpha value is -5.12. The van der Waals surface area contributed by atoms with Crippen molar-refractivity contribution in [3.05, 3.63) is 215 Å². The van der Waals surface area contributed by atoms with E-state index >= 15 is 0 Å². The Morgan fingerprint density at radius 2 is 0.412 bits per heavy atom. The van der Waals surface area contributed by atoms with Gasteiger partial charge in [0.15, 0.2) is 0 Å². The van der Waals surface area contributed by atoms with Gasteiger partial charge in [0.2, 0.25) is 0 Å². The number of aliphatic hydroxyl groups is 1. The maximum atomic E-state index is 11.3. The largest absolute Gasteiger partial charge is 0.388 e. The summed E-state index contributed by atoms with van der Waals surface area (Å²) in [6.07, 6.45) is -2.84. The van der Waals surface area contributed by atoms with Gasteiger partial charge in [0, 0.05) is 0 Å². The fourth-order valence-electron chi connectivity index (χ4n) is 6.90. The second-order valence-corrected chi connectivity index (χ2v) is 16.5. The van der Waals surface area contributed by atoms with Crippen LogP contribution in [0.1, 0.15) is 33.4 Å². The zero-order valence-electron chi connectivity index (χ0n) is 39.1. The molecule has 0 fully saturated rings. The summed E-state index contributed by atoms with van der Waals surface area (Å²) in [7, 11) is 0. The highest BCUT2D eigenvalue weighted by Gasteiger charge is 2.22. The quantitative estimate of drug-likeness (QED) is 0.0407. The average molecular weight is 929 g/mol. The summed E-state index contributed by atoms with van der Waals surface area (Å²) in [5, 5.41) is 11.3. The van der Waals surface area contributed by atoms with Crippen molar-refractivity contribution < 1.29 is 52.5 Å². The van der Waals surface area contributed by atoms with E-state index < -0.39 is 30.5 Å². The monoisotopic (exact) mass is 928 g/mol. The first-order valence-corrected chi connectivity index (χ1v) is 23.5. The molecule has 1 unspecified atom stereocenters. The maximum absolute atomic E-state index is 11.3. The van der Waals surface area contributed by atoms with Crippen LogP contribution in [0, 0.1) is 0 Å². The summed E-state index contributed by atoms with van der Waals surface area (Å²) in [5.41, 5.74) is 6.35. The van der Waals surface area contributed by atoms with Crippen LogP contribution < -0.4 is 0 Å². The first-order valence-electron chi connectivity index (χ1n) is 23.5. The lowest BCUT2D eigenvalue weighted by molar-refractivity contribution is -0.147. The van der Waals surface area contributed by atoms with Crippen LogP contribution in [0.15, 0.2) is 182 Å². The van der Waals surface area contributed by atoms with Crippen LogP contribution in [0.25, 0.3) is 0 Å². The minimum atomic E-state index is -0.971. The molecule has 0 aliphatic rings. The lowest BCUT2D eigenvalue weighted by Gasteiger charge is -2.26. The summed E-state index contributed by atoms with van der Waals surface area (Å²) >= 11 is 0. The molecule has 11 heteroatoms. The molecule has 0 aliphatic carbocycles. The van der Waals surface area contributed by atoms with Gasteiger partial charge in [-0.1, -0.05) is 182 Å². The minimum absolute atomic E-state index is 0.00491. The summed E-state index contributed by atoms with van der Waals surface area (Å²) in [5.74, 6) is 0. The van der Waals surface area contributed by atoms with Gasteiger partial charge < -0.3 is 52.5 Å². The van der Waals surface area contributed by atoms with E-state index in [9.17, 15) is 5.11 Å². The van der Waals surface area contributed by atoms with Gasteiger partial charge in [-0.25, -0.2) is 0 Å². The van der Waals surface area contributed by atoms with E-state index in [1.54, 1.807) is 0 Å². The Morgan fingerprint density at radius 1 is 0.235 bits per heavy atom. The number of hydrogen-bond donors (Lipinski definition) is 1. The molecular formula is C57H68O11. The predicted octanol–water partition coefficient (Wildman–Crippen LogP) is 9.19. The molecule has 6 aromatic carbocycles. The summed E-state index contributed by atoms with van der Waals surface area (Å²) in [6.45, 7) is 4.50. The summed E-state index contributed by atoms with van der Waals surface area (Å²) in [6, 6.07) is 60.0. The molecule has 0 aliphatic heterocycles. The second kappa shape index (κ2) is 32.6. The standard InChI is InChI=1S/C57H68O11/c58-53(37-65-54(39-59-31-47-19-7-1-8-20-47)40-60-32-48-21-9-2-10-22-48)38-66-57(45-67-55(41-61-33-49-23-11-3-12-24-49)42-62-34-50-25-13-4-14-26-50)46-68-56(43-63-35-51-27-15-5-16-28-51)44-64-36-52-29-17-6-18-30-52/h1-30,53-58H,31-46H2. The first kappa shape index (κ1) is 52.3. The summed E-state index contributed by atoms with van der Waals surface area (Å²) in [4.78, 5) is 0. The van der Waals surface area contributed by atoms with Gasteiger partial charge in [-0.2, -0.15) is 0 Å². The molecule has 0 radical (unpaired) electrons. The first-order chi connectivity index (χ1) is 33.6. The van der Waals surface area contributed by atoms with Crippen LogP contribution in [0.5, 0.6) is 0 Å². The molecule has 0 aromatic heterocycles. The predicted molar refractivity (Wildman–Crippen MR) is 262 cm³/mol. The van der Waals surface area contributed by atoms with Gasteiger partial charge in [-0.3, -0.25) is 0 Å². The third-order valence-electron chi connectivity index (χ3n) is 10.6. The fourth-order valence-corrected chi connectivity index (χ4v) is 6.90. The van der Waals surface area contributed by atoms with Crippen LogP contribution in [0.3, 0.4) is 0 Å². The van der Waals surface area contributed by atoms with Gasteiger partial charge >= 0.3 is 0 Å². The van der Waals surface area contributed by atoms with Crippen molar-refractivity contribution >= 4 is 0 Å². The zero-order chi connectivity index (χ0) is 46.9. The number of aliphatic hydroxyl groups excluding tert-OH is 1. The van der Waals surface area contributed by atoms with Gasteiger partial charge in [0.25, 0.3) is 0 Å². The highest BCUT2D eigenvalue weighted by atomic mass is 16.6. The smallest absolute Gasteiger partial charge is 0.104 e. The van der Waals surface area contributed by atoms with Crippen LogP contribution in [-0.4, -0.2) is 102 Å². The fraction of sp³-hybridized carbons (Fsp3) is 0.368. The van der Waals surface area contributed by atoms with Crippen LogP contribution in [0.2, 0.25) is 0 Å². The van der Waals surface area contributed by atoms with Crippen molar-refractivity contribution in [3.63, 3.8) is 0 Å². The number of benzene rings is 6. The third-order valence-corrected chi connectivity index (χ3v) is 10.6. The van der Waals surface area contributed by atoms with E-state index in [1.165, 1.54) is 0 Å². The van der Waals surface area contributed by atoms with E-state index in [0.717, 1.165) is 33.4 Å². The Labute approximate surface area is 402 Å². The van der Waals surface area contributed by atoms with Crippen molar-refractivity contribution in [3.8, 4) is 0 Å². The average Bonchev–Trinajstić information content (AvgIpc) is 3.39. The molecule has 6 rings (SSSR count). The number of ether oxygens (including phenoxy) is 10. The third kappa shape index (κ3) is 22.3. The topological polar surface area (TPSA) is 113 Å². The highest BCUT2D eigenvalue weighted by Crippen LogP contribution is 2.12. The van der Waals surface area contributed by atoms with Crippen molar-refractivity contribution in [2.45, 2.75) is 70.2 Å². The van der Waals surface area contributed by atoms with Crippen molar-refractivity contribution in [1.82, 2.24) is 0 Å². The molecule has 0 heterocycles. The molecule has 0 saturated heterocycles. The van der Waals surface area contributed by atoms with Crippen LogP contribution in [0.4, 0.5) is 0 Å². The molecule has 0 amide bonds. The number of hydrogen-bond acceptors (Lipinski definition) is 11. The van der Waals surface area contributed by atoms with E-state index in [-0.39, 0.29) is 66.1 Å². The van der Waals surface area contributed by atoms with Gasteiger partial charge in [0.05, 0.1) is 106 Å². The molecule has 0 bridgehead atoms. The van der Waals surface area contributed by atoms with Gasteiger partial charge in [-0.15, -0.1) is 0 Å². The van der Waals surface area contributed by atoms with E-state index in [2.05, 4.69) is 0 Å². The van der Waals surface area contributed by atoms with Crippen LogP contribution >= 0.6 is 0 Å². The lowest BCUT2D eigenvalue weighted by Crippen LogP contribution is -2.38. The van der Waals surface area contributed by atoms with E-state index in [4.69, 9.17) is 47.4 Å². The van der Waals surface area contributed by atoms with Crippen molar-refractivity contribution in [2.75, 3.05) is 66.1 Å². The molecule has 0 saturated carbocycles. The Kier molecular flexibility index (Phi) is 25.0. The normalized spacial score (nSPS) is 12.1. The maximum Gasteiger partial charge on any atom is 0.104 e. The second-order valence-electron chi connectivity index (χ2n) is 16.5. The summed E-state index contributed by atoms with van der Waals surface area (Å²) < 4.78 is 62.3. The molecule has 11 nitrogen and oxygen atoms in total. The van der Waals surface area contributed by atoms with Gasteiger partial charge in [0.1, 0.15) is 30.5 Å². The SMILES string of the molecule is OC(COC(COCc1ccccc1)COCc1ccccc1)COC(COC(COCc1ccccc1)COCc1ccccc1)COC(COCc1ccccc1)COCc1ccccc1. The Balaban J connectivity index is 1.08. The van der Waals surface area contributed by atoms with E-state index in [0.29, 0.717) is 39.6 Å². The minimum Gasteiger partial charge on any atom is -0.388 e. The number of rotatable bonds is 36. The van der Waals surface area contributed by atoms with Crippen molar-refractivity contribution in [2.24, 2.45) is 0 Å². The lowest BCUT2D eigenvalue weighted by atomic mass is 10.2. The molecule has 68 heavy (non-hydrogen) atoms. The highest BCUT2D eigenvalue weighted by molar-refractivity contribution is 5.17. The Morgan fingerprint density at radius 3 is 0.618 bits per heavy atom. The van der Waals surface area contributed by atoms with Crippen molar-refractivity contribution in [1.29, 1.82) is 0 Å². The molecule has 362 valence electrons.